The molecule has 0 saturated heterocycles. The van der Waals surface area contributed by atoms with E-state index in [1.807, 2.05) is 0 Å². The second-order valence-corrected chi connectivity index (χ2v) is 10.8. The fourth-order valence-electron chi connectivity index (χ4n) is 6.18. The third-order valence-electron chi connectivity index (χ3n) is 7.97. The lowest BCUT2D eigenvalue weighted by molar-refractivity contribution is -0.164. The Morgan fingerprint density at radius 1 is 1.32 bits per heavy atom. The van der Waals surface area contributed by atoms with Gasteiger partial charge in [0.15, 0.2) is 5.60 Å². The van der Waals surface area contributed by atoms with Gasteiger partial charge in [0, 0.05) is 6.42 Å². The lowest BCUT2D eigenvalue weighted by Gasteiger charge is -2.44. The minimum absolute atomic E-state index is 0.172. The van der Waals surface area contributed by atoms with Gasteiger partial charge in [0.2, 0.25) is 0 Å². The van der Waals surface area contributed by atoms with Crippen LogP contribution >= 0.6 is 0 Å². The Morgan fingerprint density at radius 3 is 2.71 bits per heavy atom. The van der Waals surface area contributed by atoms with E-state index in [0.29, 0.717) is 31.3 Å². The molecule has 0 aromatic rings. The fraction of sp³-hybridized carbons (Fsp3) is 0.731. The van der Waals surface area contributed by atoms with Crippen LogP contribution < -0.4 is 0 Å². The van der Waals surface area contributed by atoms with Crippen LogP contribution in [0.25, 0.3) is 0 Å². The highest BCUT2D eigenvalue weighted by atomic mass is 16.5. The number of hydrogen-bond acceptors (Lipinski definition) is 5. The molecule has 0 aliphatic heterocycles. The average molecular weight is 433 g/mol. The topological polar surface area (TPSA) is 87.0 Å². The van der Waals surface area contributed by atoms with Crippen LogP contribution in [-0.4, -0.2) is 45.7 Å². The summed E-state index contributed by atoms with van der Waals surface area (Å²) < 4.78 is 5.42. The molecule has 3 N–H and O–H groups in total. The van der Waals surface area contributed by atoms with Crippen molar-refractivity contribution < 1.29 is 24.9 Å². The van der Waals surface area contributed by atoms with Crippen LogP contribution in [0.2, 0.25) is 0 Å². The van der Waals surface area contributed by atoms with Crippen LogP contribution in [-0.2, 0) is 9.53 Å². The van der Waals surface area contributed by atoms with Crippen molar-refractivity contribution in [1.82, 2.24) is 0 Å². The number of fused-ring (bicyclic) bond motifs is 1. The molecule has 3 aliphatic carbocycles. The van der Waals surface area contributed by atoms with Crippen molar-refractivity contribution in [3.05, 3.63) is 35.5 Å². The molecule has 0 aromatic heterocycles. The third-order valence-corrected chi connectivity index (χ3v) is 7.97. The smallest absolute Gasteiger partial charge is 0.337 e. The number of aliphatic hydroxyl groups excluding tert-OH is 2. The van der Waals surface area contributed by atoms with Crippen LogP contribution in [0.15, 0.2) is 35.5 Å². The third kappa shape index (κ3) is 5.15. The Labute approximate surface area is 186 Å². The van der Waals surface area contributed by atoms with Crippen molar-refractivity contribution >= 4 is 5.97 Å². The Kier molecular flexibility index (Phi) is 7.19. The Morgan fingerprint density at radius 2 is 2.03 bits per heavy atom. The molecular weight excluding hydrogens is 392 g/mol. The van der Waals surface area contributed by atoms with Crippen LogP contribution in [0.4, 0.5) is 0 Å². The minimum atomic E-state index is -1.46. The van der Waals surface area contributed by atoms with Crippen LogP contribution in [0.5, 0.6) is 0 Å². The molecule has 5 heteroatoms. The predicted molar refractivity (Wildman–Crippen MR) is 121 cm³/mol. The monoisotopic (exact) mass is 432 g/mol. The highest BCUT2D eigenvalue weighted by Crippen LogP contribution is 2.59. The Bertz CT molecular complexity index is 758. The summed E-state index contributed by atoms with van der Waals surface area (Å²) in [5, 5.41) is 30.0. The van der Waals surface area contributed by atoms with E-state index in [9.17, 15) is 20.1 Å². The van der Waals surface area contributed by atoms with Crippen molar-refractivity contribution in [1.29, 1.82) is 0 Å². The normalized spacial score (nSPS) is 37.7. The molecule has 0 amide bonds. The molecule has 1 unspecified atom stereocenters. The van der Waals surface area contributed by atoms with Crippen LogP contribution in [0.1, 0.15) is 72.6 Å². The number of carbonyl (C=O) groups is 1. The zero-order valence-electron chi connectivity index (χ0n) is 19.6. The van der Waals surface area contributed by atoms with Crippen molar-refractivity contribution in [2.75, 3.05) is 6.61 Å². The van der Waals surface area contributed by atoms with Gasteiger partial charge in [-0.25, -0.2) is 4.79 Å². The first-order valence-corrected chi connectivity index (χ1v) is 11.8. The number of ether oxygens (including phenoxy) is 1. The molecule has 3 rings (SSSR count). The van der Waals surface area contributed by atoms with Gasteiger partial charge in [-0.3, -0.25) is 0 Å². The maximum absolute atomic E-state index is 12.0. The molecule has 3 fully saturated rings. The molecular formula is C26H40O5. The minimum Gasteiger partial charge on any atom is -0.463 e. The van der Waals surface area contributed by atoms with Gasteiger partial charge < -0.3 is 20.1 Å². The second-order valence-electron chi connectivity index (χ2n) is 10.8. The maximum Gasteiger partial charge on any atom is 0.337 e. The Hall–Kier alpha value is -1.43. The number of esters is 1. The highest BCUT2D eigenvalue weighted by Gasteiger charge is 2.50. The van der Waals surface area contributed by atoms with E-state index in [4.69, 9.17) is 4.74 Å². The fourth-order valence-corrected chi connectivity index (χ4v) is 6.18. The molecule has 5 nitrogen and oxygen atoms in total. The van der Waals surface area contributed by atoms with E-state index in [-0.39, 0.29) is 11.3 Å². The van der Waals surface area contributed by atoms with Gasteiger partial charge in [-0.2, -0.15) is 0 Å². The molecule has 0 aromatic carbocycles. The van der Waals surface area contributed by atoms with E-state index in [1.54, 1.807) is 0 Å². The zero-order chi connectivity index (χ0) is 23.0. The summed E-state index contributed by atoms with van der Waals surface area (Å²) in [5.74, 6) is 0.647. The molecule has 0 radical (unpaired) electrons. The number of aliphatic hydroxyl groups is 3. The summed E-state index contributed by atoms with van der Waals surface area (Å²) in [4.78, 5) is 12.0. The predicted octanol–water partition coefficient (Wildman–Crippen LogP) is 4.08. The van der Waals surface area contributed by atoms with Gasteiger partial charge in [-0.15, -0.1) is 0 Å². The molecule has 3 saturated carbocycles. The first-order valence-electron chi connectivity index (χ1n) is 11.8. The number of allylic oxidation sites excluding steroid dienone is 3. The molecule has 174 valence electrons. The van der Waals surface area contributed by atoms with Crippen LogP contribution in [0, 0.1) is 23.2 Å². The average Bonchev–Trinajstić information content (AvgIpc) is 3.04. The second kappa shape index (κ2) is 9.21. The van der Waals surface area contributed by atoms with Crippen molar-refractivity contribution in [2.45, 2.75) is 90.4 Å². The van der Waals surface area contributed by atoms with Crippen molar-refractivity contribution in [3.8, 4) is 0 Å². The molecule has 0 spiro atoms. The SMILES string of the molecule is C=C1C(=CC=C2CCC[C@@]3(C)C2CC[C@@H]3[C@@H](C)COC(=O)C(C)(C)O)C[C@@H](O)C[C@@H]1O. The molecule has 31 heavy (non-hydrogen) atoms. The highest BCUT2D eigenvalue weighted by molar-refractivity contribution is 5.78. The van der Waals surface area contributed by atoms with E-state index in [1.165, 1.54) is 25.8 Å². The molecule has 3 aliphatic rings. The summed E-state index contributed by atoms with van der Waals surface area (Å²) in [7, 11) is 0. The van der Waals surface area contributed by atoms with Gasteiger partial charge in [-0.1, -0.05) is 38.2 Å². The van der Waals surface area contributed by atoms with Gasteiger partial charge in [-0.05, 0) is 86.7 Å². The molecule has 6 atom stereocenters. The first kappa shape index (κ1) is 24.2. The number of rotatable bonds is 5. The van der Waals surface area contributed by atoms with Gasteiger partial charge in [0.05, 0.1) is 18.8 Å². The lowest BCUT2D eigenvalue weighted by Crippen LogP contribution is -2.39. The van der Waals surface area contributed by atoms with E-state index in [0.717, 1.165) is 36.8 Å². The Balaban J connectivity index is 1.72. The van der Waals surface area contributed by atoms with Crippen LogP contribution in [0.3, 0.4) is 0 Å². The number of hydrogen-bond donors (Lipinski definition) is 3. The van der Waals surface area contributed by atoms with Gasteiger partial charge >= 0.3 is 5.97 Å². The zero-order valence-corrected chi connectivity index (χ0v) is 19.6. The summed E-state index contributed by atoms with van der Waals surface area (Å²) >= 11 is 0. The quantitative estimate of drug-likeness (QED) is 0.570. The largest absolute Gasteiger partial charge is 0.463 e. The van der Waals surface area contributed by atoms with E-state index < -0.39 is 23.8 Å². The van der Waals surface area contributed by atoms with Gasteiger partial charge in [0.25, 0.3) is 0 Å². The summed E-state index contributed by atoms with van der Waals surface area (Å²) in [6.45, 7) is 11.8. The number of carbonyl (C=O) groups excluding carboxylic acids is 1. The van der Waals surface area contributed by atoms with E-state index in [2.05, 4.69) is 32.6 Å². The lowest BCUT2D eigenvalue weighted by atomic mass is 9.61. The standard InChI is InChI=1S/C26H40O5/c1-16(15-31-24(29)25(3,4)30)21-10-11-22-18(7-6-12-26(21,22)5)8-9-19-13-20(27)14-23(28)17(19)2/h8-9,16,20-23,27-28,30H,2,6-7,10-15H2,1,3-5H3/t16-,20+,21+,22?,23-,26+/m0/s1. The molecule has 0 heterocycles. The summed E-state index contributed by atoms with van der Waals surface area (Å²) in [6.07, 6.45) is 9.66. The van der Waals surface area contributed by atoms with Crippen molar-refractivity contribution in [3.63, 3.8) is 0 Å². The first-order chi connectivity index (χ1) is 14.4. The van der Waals surface area contributed by atoms with Gasteiger partial charge in [0.1, 0.15) is 0 Å². The van der Waals surface area contributed by atoms with E-state index >= 15 is 0 Å². The van der Waals surface area contributed by atoms with Crippen molar-refractivity contribution in [2.24, 2.45) is 23.2 Å². The molecule has 0 bridgehead atoms. The summed E-state index contributed by atoms with van der Waals surface area (Å²) in [5.41, 5.74) is 1.85. The summed E-state index contributed by atoms with van der Waals surface area (Å²) in [6, 6.07) is 0. The maximum atomic E-state index is 12.0.